The molecule has 3 N–H and O–H groups in total. The Morgan fingerprint density at radius 3 is 2.82 bits per heavy atom. The fourth-order valence-corrected chi connectivity index (χ4v) is 3.27. The molecule has 4 rings (SSSR count). The van der Waals surface area contributed by atoms with E-state index in [0.29, 0.717) is 35.9 Å². The Bertz CT molecular complexity index is 1150. The van der Waals surface area contributed by atoms with Crippen molar-refractivity contribution in [1.82, 2.24) is 15.0 Å². The molecule has 0 aliphatic carbocycles. The van der Waals surface area contributed by atoms with Gasteiger partial charge in [0.2, 0.25) is 11.9 Å². The number of fused-ring (bicyclic) bond motifs is 2. The summed E-state index contributed by atoms with van der Waals surface area (Å²) in [4.78, 5) is 41.0. The summed E-state index contributed by atoms with van der Waals surface area (Å²) < 4.78 is 1.46. The van der Waals surface area contributed by atoms with Crippen LogP contribution >= 0.6 is 0 Å². The van der Waals surface area contributed by atoms with E-state index in [1.54, 1.807) is 42.5 Å². The maximum absolute atomic E-state index is 12.6. The Kier molecular flexibility index (Phi) is 4.52. The molecule has 8 nitrogen and oxygen atoms in total. The second-order valence-corrected chi connectivity index (χ2v) is 6.50. The van der Waals surface area contributed by atoms with Gasteiger partial charge >= 0.3 is 0 Å². The van der Waals surface area contributed by atoms with Crippen LogP contribution in [0, 0.1) is 0 Å². The van der Waals surface area contributed by atoms with Gasteiger partial charge in [0.15, 0.2) is 0 Å². The van der Waals surface area contributed by atoms with E-state index >= 15 is 0 Å². The first-order valence-corrected chi connectivity index (χ1v) is 9.05. The largest absolute Gasteiger partial charge is 0.326 e. The summed E-state index contributed by atoms with van der Waals surface area (Å²) in [5.74, 6) is -0.110. The molecular weight excluding hydrogens is 358 g/mol. The van der Waals surface area contributed by atoms with E-state index in [-0.39, 0.29) is 23.3 Å². The standard InChI is InChI=1S/C20H19N5O3/c1-2-25-19(28)14-5-3-4-6-16(14)22-20(25)24-23-18(27)13-7-9-15-12(11-13)8-10-17(26)21-15/h3-7,9,11H,2,8,10H2,1H3,(H,21,26)(H,22,24)(H,23,27). The fraction of sp³-hybridized carbons (Fsp3) is 0.200. The van der Waals surface area contributed by atoms with E-state index in [4.69, 9.17) is 0 Å². The molecular formula is C20H19N5O3. The molecule has 2 aromatic carbocycles. The zero-order valence-corrected chi connectivity index (χ0v) is 15.3. The van der Waals surface area contributed by atoms with E-state index in [1.165, 1.54) is 4.57 Å². The maximum atomic E-state index is 12.6. The number of amides is 2. The summed E-state index contributed by atoms with van der Waals surface area (Å²) in [6, 6.07) is 12.2. The van der Waals surface area contributed by atoms with Crippen molar-refractivity contribution in [3.8, 4) is 0 Å². The number of hydrogen-bond donors (Lipinski definition) is 3. The van der Waals surface area contributed by atoms with Gasteiger partial charge in [0.25, 0.3) is 11.5 Å². The summed E-state index contributed by atoms with van der Waals surface area (Å²) in [6.45, 7) is 2.25. The molecule has 0 atom stereocenters. The third-order valence-electron chi connectivity index (χ3n) is 4.73. The van der Waals surface area contributed by atoms with Gasteiger partial charge in [0.05, 0.1) is 10.9 Å². The minimum atomic E-state index is -0.357. The molecule has 0 unspecified atom stereocenters. The number of carbonyl (C=O) groups excluding carboxylic acids is 2. The van der Waals surface area contributed by atoms with Crippen molar-refractivity contribution >= 4 is 34.4 Å². The highest BCUT2D eigenvalue weighted by Gasteiger charge is 2.17. The van der Waals surface area contributed by atoms with Gasteiger partial charge in [-0.25, -0.2) is 4.98 Å². The lowest BCUT2D eigenvalue weighted by atomic mass is 10.0. The summed E-state index contributed by atoms with van der Waals surface area (Å²) in [6.07, 6.45) is 0.997. The molecule has 0 saturated carbocycles. The van der Waals surface area contributed by atoms with Crippen LogP contribution in [0.3, 0.4) is 0 Å². The molecule has 1 aliphatic heterocycles. The summed E-state index contributed by atoms with van der Waals surface area (Å²) >= 11 is 0. The molecule has 1 aromatic heterocycles. The highest BCUT2D eigenvalue weighted by Crippen LogP contribution is 2.23. The van der Waals surface area contributed by atoms with E-state index in [2.05, 4.69) is 21.2 Å². The van der Waals surface area contributed by atoms with Crippen LogP contribution in [0.4, 0.5) is 11.6 Å². The predicted octanol–water partition coefficient (Wildman–Crippen LogP) is 2.06. The van der Waals surface area contributed by atoms with Gasteiger partial charge in [0, 0.05) is 24.2 Å². The Morgan fingerprint density at radius 1 is 1.18 bits per heavy atom. The Hall–Kier alpha value is -3.68. The smallest absolute Gasteiger partial charge is 0.269 e. The number of nitrogens with zero attached hydrogens (tertiary/aromatic N) is 2. The average Bonchev–Trinajstić information content (AvgIpc) is 2.71. The number of rotatable bonds is 4. The number of carbonyl (C=O) groups is 2. The SMILES string of the molecule is CCn1c(NNC(=O)c2ccc3c(c2)CCC(=O)N3)nc2ccccc2c1=O. The molecule has 0 saturated heterocycles. The van der Waals surface area contributed by atoms with Crippen LogP contribution in [-0.2, 0) is 17.8 Å². The molecule has 1 aliphatic rings. The zero-order valence-electron chi connectivity index (χ0n) is 15.3. The van der Waals surface area contributed by atoms with Crippen molar-refractivity contribution in [1.29, 1.82) is 0 Å². The first-order valence-electron chi connectivity index (χ1n) is 9.05. The molecule has 2 amide bonds. The number of aryl methyl sites for hydroxylation is 1. The highest BCUT2D eigenvalue weighted by atomic mass is 16.2. The predicted molar refractivity (Wildman–Crippen MR) is 106 cm³/mol. The minimum Gasteiger partial charge on any atom is -0.326 e. The number of aromatic nitrogens is 2. The lowest BCUT2D eigenvalue weighted by molar-refractivity contribution is -0.116. The van der Waals surface area contributed by atoms with Crippen LogP contribution in [0.1, 0.15) is 29.3 Å². The number of nitrogens with one attached hydrogen (secondary N) is 3. The molecule has 8 heteroatoms. The van der Waals surface area contributed by atoms with Gasteiger partial charge in [-0.15, -0.1) is 0 Å². The van der Waals surface area contributed by atoms with Crippen molar-refractivity contribution < 1.29 is 9.59 Å². The van der Waals surface area contributed by atoms with Crippen LogP contribution < -0.4 is 21.7 Å². The molecule has 3 aromatic rings. The lowest BCUT2D eigenvalue weighted by Gasteiger charge is -2.18. The van der Waals surface area contributed by atoms with Gasteiger partial charge < -0.3 is 5.32 Å². The maximum Gasteiger partial charge on any atom is 0.269 e. The average molecular weight is 377 g/mol. The van der Waals surface area contributed by atoms with Gasteiger partial charge in [-0.05, 0) is 49.2 Å². The van der Waals surface area contributed by atoms with Crippen molar-refractivity contribution in [2.24, 2.45) is 0 Å². The Labute approximate surface area is 160 Å². The van der Waals surface area contributed by atoms with E-state index in [9.17, 15) is 14.4 Å². The van der Waals surface area contributed by atoms with Crippen LogP contribution in [0.2, 0.25) is 0 Å². The molecule has 28 heavy (non-hydrogen) atoms. The van der Waals surface area contributed by atoms with Gasteiger partial charge in [-0.2, -0.15) is 0 Å². The van der Waals surface area contributed by atoms with Crippen LogP contribution in [0.25, 0.3) is 10.9 Å². The second-order valence-electron chi connectivity index (χ2n) is 6.50. The molecule has 0 spiro atoms. The quantitative estimate of drug-likeness (QED) is 0.604. The fourth-order valence-electron chi connectivity index (χ4n) is 3.27. The van der Waals surface area contributed by atoms with Gasteiger partial charge in [-0.1, -0.05) is 12.1 Å². The lowest BCUT2D eigenvalue weighted by Crippen LogP contribution is -2.34. The third-order valence-corrected chi connectivity index (χ3v) is 4.73. The normalized spacial score (nSPS) is 13.0. The third kappa shape index (κ3) is 3.20. The number of hydrogen-bond acceptors (Lipinski definition) is 5. The molecule has 142 valence electrons. The Morgan fingerprint density at radius 2 is 2.00 bits per heavy atom. The van der Waals surface area contributed by atoms with Gasteiger partial charge in [-0.3, -0.25) is 29.8 Å². The summed E-state index contributed by atoms with van der Waals surface area (Å²) in [5, 5.41) is 3.31. The van der Waals surface area contributed by atoms with Crippen molar-refractivity contribution in [3.05, 3.63) is 63.9 Å². The summed E-state index contributed by atoms with van der Waals surface area (Å²) in [5.41, 5.74) is 7.85. The molecule has 0 bridgehead atoms. The molecule has 0 radical (unpaired) electrons. The van der Waals surface area contributed by atoms with Crippen LogP contribution in [0.5, 0.6) is 0 Å². The minimum absolute atomic E-state index is 0.0220. The zero-order chi connectivity index (χ0) is 19.7. The molecule has 0 fully saturated rings. The van der Waals surface area contributed by atoms with Crippen molar-refractivity contribution in [3.63, 3.8) is 0 Å². The first-order chi connectivity index (χ1) is 13.6. The van der Waals surface area contributed by atoms with Crippen molar-refractivity contribution in [2.45, 2.75) is 26.3 Å². The number of benzene rings is 2. The first kappa shape index (κ1) is 17.7. The van der Waals surface area contributed by atoms with Crippen molar-refractivity contribution in [2.75, 3.05) is 10.7 Å². The highest BCUT2D eigenvalue weighted by molar-refractivity contribution is 5.98. The second kappa shape index (κ2) is 7.15. The van der Waals surface area contributed by atoms with Crippen LogP contribution in [-0.4, -0.2) is 21.4 Å². The molecule has 2 heterocycles. The topological polar surface area (TPSA) is 105 Å². The number of hydrazine groups is 1. The van der Waals surface area contributed by atoms with E-state index in [1.807, 2.05) is 6.92 Å². The number of para-hydroxylation sites is 1. The van der Waals surface area contributed by atoms with E-state index < -0.39 is 0 Å². The monoisotopic (exact) mass is 377 g/mol. The summed E-state index contributed by atoms with van der Waals surface area (Å²) in [7, 11) is 0. The van der Waals surface area contributed by atoms with E-state index in [0.717, 1.165) is 11.3 Å². The Balaban J connectivity index is 1.57. The van der Waals surface area contributed by atoms with Gasteiger partial charge in [0.1, 0.15) is 0 Å². The van der Waals surface area contributed by atoms with Crippen LogP contribution in [0.15, 0.2) is 47.3 Å². The number of anilines is 2.